The van der Waals surface area contributed by atoms with Crippen molar-refractivity contribution in [3.05, 3.63) is 41.4 Å². The number of rotatable bonds is 6. The number of nitrogens with zero attached hydrogens (tertiary/aromatic N) is 2. The molecule has 0 radical (unpaired) electrons. The molecular weight excluding hydrogens is 318 g/mol. The highest BCUT2D eigenvalue weighted by Crippen LogP contribution is 2.38. The van der Waals surface area contributed by atoms with Crippen LogP contribution in [0, 0.1) is 0 Å². The lowest BCUT2D eigenvalue weighted by molar-refractivity contribution is -0.120. The Balaban J connectivity index is 1.48. The van der Waals surface area contributed by atoms with E-state index in [9.17, 15) is 4.79 Å². The second-order valence-corrected chi connectivity index (χ2v) is 5.69. The van der Waals surface area contributed by atoms with Crippen molar-refractivity contribution < 1.29 is 14.3 Å². The van der Waals surface area contributed by atoms with Crippen LogP contribution in [0.4, 0.5) is 0 Å². The van der Waals surface area contributed by atoms with Crippen LogP contribution in [0.25, 0.3) is 0 Å². The third kappa shape index (κ3) is 4.16. The van der Waals surface area contributed by atoms with Crippen molar-refractivity contribution in [2.45, 2.75) is 19.4 Å². The molecule has 1 aromatic heterocycles. The first kappa shape index (κ1) is 15.7. The largest absolute Gasteiger partial charge is 0.486 e. The highest BCUT2D eigenvalue weighted by Gasteiger charge is 2.17. The molecule has 0 saturated heterocycles. The standard InChI is InChI=1S/C16H18ClN3O3/c17-13-8-12(9-14-16(13)23-7-6-22-14)10-15(21)19-2-1-4-20-5-3-18-11-20/h3,5,8-9,11H,1-2,4,6-7,10H2,(H,19,21). The Morgan fingerprint density at radius 1 is 1.35 bits per heavy atom. The summed E-state index contributed by atoms with van der Waals surface area (Å²) in [5.41, 5.74) is 0.811. The van der Waals surface area contributed by atoms with Gasteiger partial charge in [-0.3, -0.25) is 4.79 Å². The third-order valence-electron chi connectivity index (χ3n) is 3.50. The van der Waals surface area contributed by atoms with Gasteiger partial charge in [0.15, 0.2) is 11.5 Å². The van der Waals surface area contributed by atoms with Crippen LogP contribution in [0.15, 0.2) is 30.9 Å². The zero-order valence-electron chi connectivity index (χ0n) is 12.6. The summed E-state index contributed by atoms with van der Waals surface area (Å²) in [6.45, 7) is 2.43. The Labute approximate surface area is 139 Å². The monoisotopic (exact) mass is 335 g/mol. The molecule has 0 unspecified atom stereocenters. The summed E-state index contributed by atoms with van der Waals surface area (Å²) in [6.07, 6.45) is 6.52. The number of imidazole rings is 1. The zero-order chi connectivity index (χ0) is 16.1. The number of carbonyl (C=O) groups excluding carboxylic acids is 1. The van der Waals surface area contributed by atoms with Gasteiger partial charge >= 0.3 is 0 Å². The molecule has 1 N–H and O–H groups in total. The predicted molar refractivity (Wildman–Crippen MR) is 86.0 cm³/mol. The minimum atomic E-state index is -0.0385. The van der Waals surface area contributed by atoms with E-state index < -0.39 is 0 Å². The van der Waals surface area contributed by atoms with Crippen molar-refractivity contribution in [1.29, 1.82) is 0 Å². The SMILES string of the molecule is O=C(Cc1cc(Cl)c2c(c1)OCCO2)NCCCn1ccnc1. The van der Waals surface area contributed by atoms with E-state index in [1.54, 1.807) is 18.6 Å². The van der Waals surface area contributed by atoms with E-state index in [1.807, 2.05) is 16.8 Å². The van der Waals surface area contributed by atoms with Crippen molar-refractivity contribution in [3.8, 4) is 11.5 Å². The summed E-state index contributed by atoms with van der Waals surface area (Å²) < 4.78 is 13.0. The fourth-order valence-corrected chi connectivity index (χ4v) is 2.71. The molecular formula is C16H18ClN3O3. The van der Waals surface area contributed by atoms with Gasteiger partial charge in [0.1, 0.15) is 13.2 Å². The van der Waals surface area contributed by atoms with E-state index in [0.717, 1.165) is 18.5 Å². The summed E-state index contributed by atoms with van der Waals surface area (Å²) in [7, 11) is 0. The van der Waals surface area contributed by atoms with E-state index in [4.69, 9.17) is 21.1 Å². The number of amides is 1. The van der Waals surface area contributed by atoms with Gasteiger partial charge in [-0.2, -0.15) is 0 Å². The molecule has 1 amide bonds. The number of nitrogens with one attached hydrogen (secondary N) is 1. The van der Waals surface area contributed by atoms with E-state index in [-0.39, 0.29) is 12.3 Å². The lowest BCUT2D eigenvalue weighted by atomic mass is 10.1. The number of aromatic nitrogens is 2. The third-order valence-corrected chi connectivity index (χ3v) is 3.78. The maximum absolute atomic E-state index is 12.0. The van der Waals surface area contributed by atoms with Crippen molar-refractivity contribution in [2.75, 3.05) is 19.8 Å². The maximum Gasteiger partial charge on any atom is 0.224 e. The highest BCUT2D eigenvalue weighted by atomic mass is 35.5. The first-order valence-electron chi connectivity index (χ1n) is 7.53. The quantitative estimate of drug-likeness (QED) is 0.821. The van der Waals surface area contributed by atoms with E-state index in [1.165, 1.54) is 0 Å². The van der Waals surface area contributed by atoms with Crippen LogP contribution in [0.2, 0.25) is 5.02 Å². The minimum Gasteiger partial charge on any atom is -0.486 e. The molecule has 0 saturated carbocycles. The van der Waals surface area contributed by atoms with Crippen LogP contribution in [0.5, 0.6) is 11.5 Å². The van der Waals surface area contributed by atoms with Crippen LogP contribution >= 0.6 is 11.6 Å². The molecule has 7 heteroatoms. The van der Waals surface area contributed by atoms with Gasteiger partial charge in [-0.05, 0) is 24.1 Å². The first-order chi connectivity index (χ1) is 11.2. The molecule has 3 rings (SSSR count). The average Bonchev–Trinajstić information content (AvgIpc) is 3.05. The number of aryl methyl sites for hydroxylation is 1. The fourth-order valence-electron chi connectivity index (χ4n) is 2.42. The summed E-state index contributed by atoms with van der Waals surface area (Å²) in [5.74, 6) is 1.12. The van der Waals surface area contributed by atoms with Crippen molar-refractivity contribution in [1.82, 2.24) is 14.9 Å². The Morgan fingerprint density at radius 2 is 2.22 bits per heavy atom. The topological polar surface area (TPSA) is 65.4 Å². The molecule has 2 aromatic rings. The normalized spacial score (nSPS) is 12.9. The lowest BCUT2D eigenvalue weighted by Gasteiger charge is -2.20. The summed E-state index contributed by atoms with van der Waals surface area (Å²) in [5, 5.41) is 3.38. The summed E-state index contributed by atoms with van der Waals surface area (Å²) in [6, 6.07) is 3.56. The second kappa shape index (κ2) is 7.37. The smallest absolute Gasteiger partial charge is 0.224 e. The summed E-state index contributed by atoms with van der Waals surface area (Å²) >= 11 is 6.17. The highest BCUT2D eigenvalue weighted by molar-refractivity contribution is 6.32. The fraction of sp³-hybridized carbons (Fsp3) is 0.375. The molecule has 1 aliphatic rings. The molecule has 23 heavy (non-hydrogen) atoms. The zero-order valence-corrected chi connectivity index (χ0v) is 13.4. The van der Waals surface area contributed by atoms with Crippen molar-refractivity contribution in [3.63, 3.8) is 0 Å². The predicted octanol–water partition coefficient (Wildman–Crippen LogP) is 2.06. The molecule has 2 heterocycles. The van der Waals surface area contributed by atoms with Gasteiger partial charge in [-0.15, -0.1) is 0 Å². The number of benzene rings is 1. The van der Waals surface area contributed by atoms with Gasteiger partial charge < -0.3 is 19.4 Å². The molecule has 0 fully saturated rings. The minimum absolute atomic E-state index is 0.0385. The van der Waals surface area contributed by atoms with E-state index >= 15 is 0 Å². The molecule has 122 valence electrons. The number of ether oxygens (including phenoxy) is 2. The molecule has 1 aromatic carbocycles. The second-order valence-electron chi connectivity index (χ2n) is 5.28. The maximum atomic E-state index is 12.0. The lowest BCUT2D eigenvalue weighted by Crippen LogP contribution is -2.27. The number of fused-ring (bicyclic) bond motifs is 1. The molecule has 0 spiro atoms. The molecule has 0 aliphatic carbocycles. The molecule has 6 nitrogen and oxygen atoms in total. The van der Waals surface area contributed by atoms with Crippen molar-refractivity contribution >= 4 is 17.5 Å². The number of carbonyl (C=O) groups is 1. The van der Waals surface area contributed by atoms with Crippen LogP contribution in [-0.2, 0) is 17.8 Å². The number of hydrogen-bond donors (Lipinski definition) is 1. The molecule has 0 atom stereocenters. The summed E-state index contributed by atoms with van der Waals surface area (Å²) in [4.78, 5) is 16.0. The van der Waals surface area contributed by atoms with Gasteiger partial charge in [0.25, 0.3) is 0 Å². The Morgan fingerprint density at radius 3 is 3.04 bits per heavy atom. The first-order valence-corrected chi connectivity index (χ1v) is 7.90. The van der Waals surface area contributed by atoms with Crippen LogP contribution in [-0.4, -0.2) is 35.2 Å². The Kier molecular flexibility index (Phi) is 5.02. The van der Waals surface area contributed by atoms with Crippen LogP contribution in [0.1, 0.15) is 12.0 Å². The molecule has 1 aliphatic heterocycles. The Bertz CT molecular complexity index is 673. The Hall–Kier alpha value is -2.21. The van der Waals surface area contributed by atoms with E-state index in [2.05, 4.69) is 10.3 Å². The van der Waals surface area contributed by atoms with Gasteiger partial charge in [0, 0.05) is 25.5 Å². The van der Waals surface area contributed by atoms with Gasteiger partial charge in [-0.25, -0.2) is 4.98 Å². The van der Waals surface area contributed by atoms with Crippen molar-refractivity contribution in [2.24, 2.45) is 0 Å². The van der Waals surface area contributed by atoms with Gasteiger partial charge in [-0.1, -0.05) is 11.6 Å². The number of halogens is 1. The van der Waals surface area contributed by atoms with Crippen LogP contribution in [0.3, 0.4) is 0 Å². The van der Waals surface area contributed by atoms with Crippen LogP contribution < -0.4 is 14.8 Å². The average molecular weight is 336 g/mol. The van der Waals surface area contributed by atoms with Gasteiger partial charge in [0.05, 0.1) is 17.8 Å². The molecule has 0 bridgehead atoms. The van der Waals surface area contributed by atoms with Gasteiger partial charge in [0.2, 0.25) is 5.91 Å². The van der Waals surface area contributed by atoms with E-state index in [0.29, 0.717) is 36.3 Å². The number of hydrogen-bond acceptors (Lipinski definition) is 4.